The summed E-state index contributed by atoms with van der Waals surface area (Å²) in [5.74, 6) is 0. The van der Waals surface area contributed by atoms with Gasteiger partial charge in [-0.2, -0.15) is 0 Å². The topological polar surface area (TPSA) is 11.4 Å². The minimum Gasteiger partial charge on any atom is -0.311 e. The van der Waals surface area contributed by atoms with Crippen LogP contribution in [0.2, 0.25) is 0 Å². The van der Waals surface area contributed by atoms with Crippen LogP contribution < -0.4 is 26.2 Å². The van der Waals surface area contributed by atoms with Gasteiger partial charge in [-0.05, 0) is 101 Å². The van der Waals surface area contributed by atoms with Crippen molar-refractivity contribution in [3.8, 4) is 28.1 Å². The number of anilines is 5. The van der Waals surface area contributed by atoms with Crippen molar-refractivity contribution in [1.82, 2.24) is 4.57 Å². The molecule has 1 aliphatic carbocycles. The number of hydrogen-bond donors (Lipinski definition) is 0. The van der Waals surface area contributed by atoms with Crippen LogP contribution in [-0.4, -0.2) is 11.3 Å². The molecule has 0 atom stereocenters. The summed E-state index contributed by atoms with van der Waals surface area (Å²) in [4.78, 5) is 4.85. The minimum absolute atomic E-state index is 0.0971. The van der Waals surface area contributed by atoms with Crippen LogP contribution >= 0.6 is 0 Å². The van der Waals surface area contributed by atoms with E-state index in [1.165, 1.54) is 72.4 Å². The average molecular weight is 690 g/mol. The van der Waals surface area contributed by atoms with Crippen molar-refractivity contribution in [2.24, 2.45) is 0 Å². The second-order valence-corrected chi connectivity index (χ2v) is 14.4. The summed E-state index contributed by atoms with van der Waals surface area (Å²) < 4.78 is 2.57. The lowest BCUT2D eigenvalue weighted by Crippen LogP contribution is -2.60. The van der Waals surface area contributed by atoms with Crippen LogP contribution in [0.4, 0.5) is 28.4 Å². The molecular formula is C50H36BN3. The summed E-state index contributed by atoms with van der Waals surface area (Å²) in [5.41, 5.74) is 18.6. The highest BCUT2D eigenvalue weighted by molar-refractivity contribution is 7.00. The first-order valence-corrected chi connectivity index (χ1v) is 19.0. The molecule has 3 heterocycles. The van der Waals surface area contributed by atoms with Gasteiger partial charge in [0.05, 0.1) is 5.69 Å². The molecule has 4 heteroatoms. The molecule has 0 spiro atoms. The fourth-order valence-electron chi connectivity index (χ4n) is 9.19. The Kier molecular flexibility index (Phi) is 7.09. The molecule has 0 saturated carbocycles. The molecule has 3 nitrogen and oxygen atoms in total. The lowest BCUT2D eigenvalue weighted by Gasteiger charge is -2.40. The maximum absolute atomic E-state index is 2.57. The van der Waals surface area contributed by atoms with E-state index in [1.807, 2.05) is 0 Å². The van der Waals surface area contributed by atoms with Gasteiger partial charge in [0.15, 0.2) is 0 Å². The van der Waals surface area contributed by atoms with Gasteiger partial charge >= 0.3 is 0 Å². The molecule has 3 aliphatic rings. The molecule has 0 N–H and O–H groups in total. The summed E-state index contributed by atoms with van der Waals surface area (Å²) >= 11 is 0. The van der Waals surface area contributed by atoms with E-state index < -0.39 is 0 Å². The summed E-state index contributed by atoms with van der Waals surface area (Å²) in [5, 5.41) is 1.29. The van der Waals surface area contributed by atoms with Crippen molar-refractivity contribution in [1.29, 1.82) is 0 Å². The predicted molar refractivity (Wildman–Crippen MR) is 229 cm³/mol. The predicted octanol–water partition coefficient (Wildman–Crippen LogP) is 10.9. The molecule has 0 amide bonds. The Morgan fingerprint density at radius 1 is 0.500 bits per heavy atom. The van der Waals surface area contributed by atoms with Gasteiger partial charge in [-0.25, -0.2) is 0 Å². The maximum atomic E-state index is 2.57. The lowest BCUT2D eigenvalue weighted by atomic mass is 9.34. The van der Waals surface area contributed by atoms with E-state index in [9.17, 15) is 0 Å². The molecule has 254 valence electrons. The van der Waals surface area contributed by atoms with E-state index in [0.717, 1.165) is 29.9 Å². The third-order valence-corrected chi connectivity index (χ3v) is 11.4. The number of nitrogens with zero attached hydrogens (tertiary/aromatic N) is 3. The highest BCUT2D eigenvalue weighted by Gasteiger charge is 2.42. The zero-order chi connectivity index (χ0) is 35.6. The van der Waals surface area contributed by atoms with E-state index in [1.54, 1.807) is 0 Å². The van der Waals surface area contributed by atoms with Gasteiger partial charge in [-0.1, -0.05) is 133 Å². The number of aromatic nitrogens is 1. The highest BCUT2D eigenvalue weighted by Crippen LogP contribution is 2.46. The number of rotatable bonds is 6. The van der Waals surface area contributed by atoms with Crippen molar-refractivity contribution in [3.05, 3.63) is 200 Å². The minimum atomic E-state index is 0.0971. The van der Waals surface area contributed by atoms with Crippen LogP contribution in [0.1, 0.15) is 12.8 Å². The first-order valence-electron chi connectivity index (χ1n) is 19.0. The normalized spacial score (nSPS) is 13.7. The third kappa shape index (κ3) is 4.63. The molecule has 11 rings (SSSR count). The number of benzene rings is 7. The van der Waals surface area contributed by atoms with Gasteiger partial charge in [0.2, 0.25) is 0 Å². The van der Waals surface area contributed by atoms with Crippen LogP contribution in [-0.2, 0) is 0 Å². The second-order valence-electron chi connectivity index (χ2n) is 14.4. The molecule has 1 aromatic heterocycles. The standard InChI is InChI=1S/C50H36BN3/c1-5-17-35(18-6-1)47-41-25-15-27-43-50(41)54(49(47)36-19-7-2-8-20-36)46-30-16-29-45-48(46)51(43)42-26-13-14-28-44(42)53(45)40-33-31-39(32-34-40)52(37-21-9-3-10-22-37)38-23-11-4-12-24-38/h1-3,5-11,13-34H,4,12H2. The van der Waals surface area contributed by atoms with Crippen LogP contribution in [0.3, 0.4) is 0 Å². The first-order chi connectivity index (χ1) is 26.8. The van der Waals surface area contributed by atoms with E-state index in [0.29, 0.717) is 0 Å². The lowest BCUT2D eigenvalue weighted by molar-refractivity contribution is 0.997. The molecule has 2 aliphatic heterocycles. The van der Waals surface area contributed by atoms with Crippen molar-refractivity contribution in [2.45, 2.75) is 12.8 Å². The Hall–Kier alpha value is -6.78. The number of hydrogen-bond acceptors (Lipinski definition) is 2. The number of allylic oxidation sites excluding steroid dienone is 3. The quantitative estimate of drug-likeness (QED) is 0.161. The highest BCUT2D eigenvalue weighted by atomic mass is 15.2. The Morgan fingerprint density at radius 3 is 1.89 bits per heavy atom. The zero-order valence-corrected chi connectivity index (χ0v) is 29.8. The summed E-state index contributed by atoms with van der Waals surface area (Å²) in [7, 11) is 0. The smallest absolute Gasteiger partial charge is 0.252 e. The van der Waals surface area contributed by atoms with Gasteiger partial charge < -0.3 is 14.4 Å². The molecule has 0 fully saturated rings. The van der Waals surface area contributed by atoms with Crippen LogP contribution in [0.15, 0.2) is 200 Å². The van der Waals surface area contributed by atoms with Crippen LogP contribution in [0.25, 0.3) is 39.0 Å². The fourth-order valence-corrected chi connectivity index (χ4v) is 9.19. The average Bonchev–Trinajstić information content (AvgIpc) is 3.60. The van der Waals surface area contributed by atoms with E-state index in [4.69, 9.17) is 0 Å². The van der Waals surface area contributed by atoms with Gasteiger partial charge in [0, 0.05) is 56.3 Å². The van der Waals surface area contributed by atoms with Gasteiger partial charge in [-0.3, -0.25) is 0 Å². The van der Waals surface area contributed by atoms with Crippen LogP contribution in [0.5, 0.6) is 0 Å². The molecule has 0 bridgehead atoms. The SMILES string of the molecule is C1=CC(N(c2ccccc2)c2ccc(N3c4ccccc4B4c5c3cccc5-n3c(-c5ccccc5)c(-c5ccccc5)c5cccc4c53)cc2)=CCC1. The largest absolute Gasteiger partial charge is 0.311 e. The van der Waals surface area contributed by atoms with Crippen molar-refractivity contribution in [3.63, 3.8) is 0 Å². The van der Waals surface area contributed by atoms with Crippen molar-refractivity contribution < 1.29 is 0 Å². The fraction of sp³-hybridized carbons (Fsp3) is 0.0400. The first kappa shape index (κ1) is 30.8. The molecule has 8 aromatic rings. The molecule has 7 aromatic carbocycles. The summed E-state index contributed by atoms with van der Waals surface area (Å²) in [6.45, 7) is 0.0971. The molecule has 54 heavy (non-hydrogen) atoms. The Labute approximate surface area is 316 Å². The van der Waals surface area contributed by atoms with Crippen LogP contribution in [0, 0.1) is 0 Å². The summed E-state index contributed by atoms with van der Waals surface area (Å²) in [6, 6.07) is 64.6. The Balaban J connectivity index is 1.14. The Morgan fingerprint density at radius 2 is 1.13 bits per heavy atom. The number of para-hydroxylation sites is 3. The van der Waals surface area contributed by atoms with Gasteiger partial charge in [0.1, 0.15) is 0 Å². The van der Waals surface area contributed by atoms with E-state index in [-0.39, 0.29) is 6.71 Å². The van der Waals surface area contributed by atoms with Crippen molar-refractivity contribution >= 4 is 62.4 Å². The van der Waals surface area contributed by atoms with Crippen molar-refractivity contribution in [2.75, 3.05) is 9.80 Å². The molecule has 0 saturated heterocycles. The molecule has 0 radical (unpaired) electrons. The summed E-state index contributed by atoms with van der Waals surface area (Å²) in [6.07, 6.45) is 9.02. The maximum Gasteiger partial charge on any atom is 0.252 e. The third-order valence-electron chi connectivity index (χ3n) is 11.4. The van der Waals surface area contributed by atoms with E-state index >= 15 is 0 Å². The Bertz CT molecular complexity index is 2760. The van der Waals surface area contributed by atoms with Gasteiger partial charge in [0.25, 0.3) is 6.71 Å². The molecular weight excluding hydrogens is 653 g/mol. The molecule has 0 unspecified atom stereocenters. The van der Waals surface area contributed by atoms with E-state index in [2.05, 4.69) is 209 Å². The zero-order valence-electron chi connectivity index (χ0n) is 29.8. The second kappa shape index (κ2) is 12.4. The van der Waals surface area contributed by atoms with Gasteiger partial charge in [-0.15, -0.1) is 0 Å². The monoisotopic (exact) mass is 689 g/mol. The number of fused-ring (bicyclic) bond motifs is 4.